The summed E-state index contributed by atoms with van der Waals surface area (Å²) < 4.78 is 143. The lowest BCUT2D eigenvalue weighted by Crippen LogP contribution is -2.58. The summed E-state index contributed by atoms with van der Waals surface area (Å²) in [6.45, 7) is -1.68. The number of ether oxygens (including phenoxy) is 2. The van der Waals surface area contributed by atoms with Gasteiger partial charge in [-0.3, -0.25) is 0 Å². The van der Waals surface area contributed by atoms with Crippen LogP contribution in [0, 0.1) is 0 Å². The number of esters is 1. The average molecular weight is 428 g/mol. The Labute approximate surface area is 141 Å². The Morgan fingerprint density at radius 1 is 0.815 bits per heavy atom. The van der Waals surface area contributed by atoms with Crippen LogP contribution in [0.25, 0.3) is 0 Å². The van der Waals surface area contributed by atoms with Crippen LogP contribution >= 0.6 is 0 Å². The highest BCUT2D eigenvalue weighted by molar-refractivity contribution is 5.90. The minimum Gasteiger partial charge on any atom is -0.478 e. The fourth-order valence-corrected chi connectivity index (χ4v) is 1.08. The molecule has 0 rings (SSSR count). The molecule has 27 heavy (non-hydrogen) atoms. The molecule has 0 aromatic heterocycles. The number of alkyl halides is 11. The van der Waals surface area contributed by atoms with E-state index in [9.17, 15) is 57.9 Å². The first-order valence-electron chi connectivity index (χ1n) is 6.13. The Balaban J connectivity index is 5.12. The highest BCUT2D eigenvalue weighted by atomic mass is 19.4. The highest BCUT2D eigenvalue weighted by Crippen LogP contribution is 2.51. The van der Waals surface area contributed by atoms with Crippen LogP contribution < -0.4 is 0 Å². The predicted octanol–water partition coefficient (Wildman–Crippen LogP) is 3.60. The SMILES string of the molecule is O=C(O)/C=C\C(=O)OCCC(F)(F)C(F)(F)OC(F)(F)C(F)(F)C(F)(F)F. The number of halogens is 11. The van der Waals surface area contributed by atoms with Gasteiger partial charge in [-0.05, 0) is 0 Å². The van der Waals surface area contributed by atoms with Crippen molar-refractivity contribution in [3.63, 3.8) is 0 Å². The molecule has 0 fully saturated rings. The maximum atomic E-state index is 13.1. The Kier molecular flexibility index (Phi) is 7.23. The zero-order chi connectivity index (χ0) is 21.9. The van der Waals surface area contributed by atoms with Crippen molar-refractivity contribution in [1.29, 1.82) is 0 Å². The fourth-order valence-electron chi connectivity index (χ4n) is 1.08. The van der Waals surface area contributed by atoms with Crippen molar-refractivity contribution in [2.24, 2.45) is 0 Å². The highest BCUT2D eigenvalue weighted by Gasteiger charge is 2.78. The molecule has 0 unspecified atom stereocenters. The lowest BCUT2D eigenvalue weighted by atomic mass is 10.2. The first kappa shape index (κ1) is 24.9. The van der Waals surface area contributed by atoms with E-state index in [1.54, 1.807) is 4.74 Å². The molecule has 0 saturated carbocycles. The number of rotatable bonds is 9. The van der Waals surface area contributed by atoms with Gasteiger partial charge in [0.05, 0.1) is 13.0 Å². The normalized spacial score (nSPS) is 14.5. The molecular weight excluding hydrogens is 421 g/mol. The van der Waals surface area contributed by atoms with Crippen molar-refractivity contribution in [3.05, 3.63) is 12.2 Å². The van der Waals surface area contributed by atoms with Gasteiger partial charge in [0.15, 0.2) is 0 Å². The molecule has 0 aromatic rings. The Bertz CT molecular complexity index is 582. The summed E-state index contributed by atoms with van der Waals surface area (Å²) >= 11 is 0. The molecule has 0 saturated heterocycles. The van der Waals surface area contributed by atoms with Gasteiger partial charge in [-0.15, -0.1) is 0 Å². The maximum Gasteiger partial charge on any atom is 0.462 e. The van der Waals surface area contributed by atoms with Crippen molar-refractivity contribution in [2.45, 2.75) is 36.7 Å². The minimum absolute atomic E-state index is 0.146. The van der Waals surface area contributed by atoms with Crippen LogP contribution in [0.1, 0.15) is 6.42 Å². The summed E-state index contributed by atoms with van der Waals surface area (Å²) in [6.07, 6.45) is -22.8. The van der Waals surface area contributed by atoms with Crippen molar-refractivity contribution in [3.8, 4) is 0 Å². The lowest BCUT2D eigenvalue weighted by Gasteiger charge is -2.33. The van der Waals surface area contributed by atoms with E-state index in [4.69, 9.17) is 5.11 Å². The van der Waals surface area contributed by atoms with Crippen LogP contribution in [-0.2, 0) is 19.1 Å². The van der Waals surface area contributed by atoms with Gasteiger partial charge < -0.3 is 9.84 Å². The van der Waals surface area contributed by atoms with E-state index < -0.39 is 55.2 Å². The van der Waals surface area contributed by atoms with Gasteiger partial charge >= 0.3 is 42.2 Å². The van der Waals surface area contributed by atoms with E-state index in [2.05, 4.69) is 4.74 Å². The van der Waals surface area contributed by atoms with Crippen molar-refractivity contribution >= 4 is 11.9 Å². The van der Waals surface area contributed by atoms with E-state index in [0.717, 1.165) is 0 Å². The number of hydrogen-bond donors (Lipinski definition) is 1. The number of aliphatic carboxylic acids is 1. The van der Waals surface area contributed by atoms with Crippen LogP contribution in [-0.4, -0.2) is 53.9 Å². The molecule has 0 heterocycles. The molecule has 0 radical (unpaired) electrons. The first-order valence-corrected chi connectivity index (χ1v) is 6.13. The monoisotopic (exact) mass is 428 g/mol. The van der Waals surface area contributed by atoms with Gasteiger partial charge in [0.1, 0.15) is 0 Å². The third-order valence-electron chi connectivity index (χ3n) is 2.43. The van der Waals surface area contributed by atoms with E-state index in [1.807, 2.05) is 0 Å². The van der Waals surface area contributed by atoms with E-state index >= 15 is 0 Å². The van der Waals surface area contributed by atoms with Gasteiger partial charge in [-0.1, -0.05) is 0 Å². The Hall–Kier alpha value is -2.13. The Morgan fingerprint density at radius 3 is 1.70 bits per heavy atom. The molecular formula is C11H7F11O5. The van der Waals surface area contributed by atoms with E-state index in [0.29, 0.717) is 0 Å². The van der Waals surface area contributed by atoms with Gasteiger partial charge in [-0.25, -0.2) is 14.3 Å². The summed E-state index contributed by atoms with van der Waals surface area (Å²) in [5.74, 6) is -16.3. The molecule has 0 spiro atoms. The summed E-state index contributed by atoms with van der Waals surface area (Å²) in [6, 6.07) is 0. The second kappa shape index (κ2) is 7.85. The zero-order valence-corrected chi connectivity index (χ0v) is 12.3. The summed E-state index contributed by atoms with van der Waals surface area (Å²) in [4.78, 5) is 20.8. The molecule has 1 N–H and O–H groups in total. The molecule has 0 aliphatic rings. The van der Waals surface area contributed by atoms with Gasteiger partial charge in [-0.2, -0.15) is 48.3 Å². The molecule has 158 valence electrons. The van der Waals surface area contributed by atoms with Crippen LogP contribution in [0.5, 0.6) is 0 Å². The molecule has 5 nitrogen and oxygen atoms in total. The topological polar surface area (TPSA) is 72.8 Å². The van der Waals surface area contributed by atoms with Crippen molar-refractivity contribution in [1.82, 2.24) is 0 Å². The molecule has 0 bridgehead atoms. The summed E-state index contributed by atoms with van der Waals surface area (Å²) in [5.41, 5.74) is 0. The number of carbonyl (C=O) groups excluding carboxylic acids is 1. The zero-order valence-electron chi connectivity index (χ0n) is 12.3. The average Bonchev–Trinajstić information content (AvgIpc) is 2.42. The smallest absolute Gasteiger partial charge is 0.462 e. The standard InChI is InChI=1S/C11H7F11O5/c12-7(13,3-4-26-6(25)2-1-5(23)24)10(19,20)27-11(21,22)8(14,15)9(16,17)18/h1-2H,3-4H2,(H,23,24)/b2-1-. The third-order valence-corrected chi connectivity index (χ3v) is 2.43. The fraction of sp³-hybridized carbons (Fsp3) is 0.636. The minimum atomic E-state index is -7.23. The van der Waals surface area contributed by atoms with Gasteiger partial charge in [0.25, 0.3) is 0 Å². The first-order chi connectivity index (χ1) is 11.8. The molecule has 0 aromatic carbocycles. The number of carboxylic acids is 1. The molecule has 0 aliphatic heterocycles. The summed E-state index contributed by atoms with van der Waals surface area (Å²) in [7, 11) is 0. The van der Waals surface area contributed by atoms with Crippen LogP contribution in [0.15, 0.2) is 12.2 Å². The van der Waals surface area contributed by atoms with Crippen LogP contribution in [0.4, 0.5) is 48.3 Å². The molecule has 0 aliphatic carbocycles. The molecule has 16 heteroatoms. The largest absolute Gasteiger partial charge is 0.478 e. The molecule has 0 atom stereocenters. The van der Waals surface area contributed by atoms with Gasteiger partial charge in [0.2, 0.25) is 0 Å². The maximum absolute atomic E-state index is 13.1. The second-order valence-corrected chi connectivity index (χ2v) is 4.50. The van der Waals surface area contributed by atoms with Crippen LogP contribution in [0.2, 0.25) is 0 Å². The van der Waals surface area contributed by atoms with E-state index in [-0.39, 0.29) is 12.2 Å². The molecule has 0 amide bonds. The number of carbonyl (C=O) groups is 2. The predicted molar refractivity (Wildman–Crippen MR) is 59.3 cm³/mol. The summed E-state index contributed by atoms with van der Waals surface area (Å²) in [5, 5.41) is 8.11. The number of hydrogen-bond acceptors (Lipinski definition) is 4. The quantitative estimate of drug-likeness (QED) is 0.345. The van der Waals surface area contributed by atoms with Crippen molar-refractivity contribution in [2.75, 3.05) is 6.61 Å². The third kappa shape index (κ3) is 6.21. The van der Waals surface area contributed by atoms with Gasteiger partial charge in [0, 0.05) is 12.2 Å². The lowest BCUT2D eigenvalue weighted by molar-refractivity contribution is -0.496. The second-order valence-electron chi connectivity index (χ2n) is 4.50. The van der Waals surface area contributed by atoms with E-state index in [1.165, 1.54) is 0 Å². The van der Waals surface area contributed by atoms with Crippen molar-refractivity contribution < 1.29 is 72.5 Å². The number of carboxylic acid groups (broad SMARTS) is 1. The van der Waals surface area contributed by atoms with Crippen LogP contribution in [0.3, 0.4) is 0 Å². The Morgan fingerprint density at radius 2 is 1.30 bits per heavy atom.